The third-order valence-corrected chi connectivity index (χ3v) is 4.57. The molecule has 128 valence electrons. The van der Waals surface area contributed by atoms with E-state index in [2.05, 4.69) is 14.8 Å². The van der Waals surface area contributed by atoms with E-state index in [1.165, 1.54) is 12.1 Å². The predicted octanol–water partition coefficient (Wildman–Crippen LogP) is 2.73. The van der Waals surface area contributed by atoms with Gasteiger partial charge in [0.15, 0.2) is 0 Å². The van der Waals surface area contributed by atoms with Gasteiger partial charge in [0.2, 0.25) is 0 Å². The third-order valence-electron chi connectivity index (χ3n) is 4.35. The van der Waals surface area contributed by atoms with Gasteiger partial charge < -0.3 is 5.11 Å². The average Bonchev–Trinajstić information content (AvgIpc) is 2.59. The molecule has 4 nitrogen and oxygen atoms in total. The number of halogens is 2. The first-order chi connectivity index (χ1) is 11.6. The van der Waals surface area contributed by atoms with E-state index in [1.54, 1.807) is 12.1 Å². The van der Waals surface area contributed by atoms with Gasteiger partial charge in [-0.25, -0.2) is 9.37 Å². The Morgan fingerprint density at radius 3 is 2.33 bits per heavy atom. The van der Waals surface area contributed by atoms with Crippen LogP contribution < -0.4 is 0 Å². The number of nitrogens with zero attached hydrogens (tertiary/aromatic N) is 3. The van der Waals surface area contributed by atoms with Crippen LogP contribution in [-0.4, -0.2) is 52.6 Å². The Morgan fingerprint density at radius 1 is 1.04 bits per heavy atom. The van der Waals surface area contributed by atoms with E-state index in [9.17, 15) is 9.50 Å². The zero-order valence-electron chi connectivity index (χ0n) is 13.4. The molecule has 0 spiro atoms. The quantitative estimate of drug-likeness (QED) is 0.843. The van der Waals surface area contributed by atoms with Gasteiger partial charge in [0, 0.05) is 45.5 Å². The molecule has 1 aliphatic heterocycles. The second-order valence-corrected chi connectivity index (χ2v) is 6.52. The molecule has 6 heteroatoms. The van der Waals surface area contributed by atoms with Crippen molar-refractivity contribution in [3.8, 4) is 0 Å². The standard InChI is InChI=1S/C18H21ClFN3O/c19-18-6-1-14(11-21-18)12-22-7-9-23(10-8-22)13-17(24)15-2-4-16(20)5-3-15/h1-6,11,17,24H,7-10,12-13H2. The smallest absolute Gasteiger partial charge is 0.129 e. The first kappa shape index (κ1) is 17.3. The minimum atomic E-state index is -0.586. The molecule has 0 amide bonds. The van der Waals surface area contributed by atoms with Gasteiger partial charge >= 0.3 is 0 Å². The van der Waals surface area contributed by atoms with Crippen molar-refractivity contribution in [3.63, 3.8) is 0 Å². The van der Waals surface area contributed by atoms with Crippen molar-refractivity contribution in [2.45, 2.75) is 12.6 Å². The van der Waals surface area contributed by atoms with Crippen LogP contribution in [-0.2, 0) is 6.54 Å². The fraction of sp³-hybridized carbons (Fsp3) is 0.389. The van der Waals surface area contributed by atoms with E-state index >= 15 is 0 Å². The van der Waals surface area contributed by atoms with Crippen LogP contribution >= 0.6 is 11.6 Å². The van der Waals surface area contributed by atoms with E-state index in [-0.39, 0.29) is 5.82 Å². The summed E-state index contributed by atoms with van der Waals surface area (Å²) in [7, 11) is 0. The van der Waals surface area contributed by atoms with Crippen LogP contribution in [0.15, 0.2) is 42.6 Å². The molecule has 0 saturated carbocycles. The Bertz CT molecular complexity index is 642. The lowest BCUT2D eigenvalue weighted by molar-refractivity contribution is 0.0700. The van der Waals surface area contributed by atoms with Crippen LogP contribution in [0.2, 0.25) is 5.15 Å². The number of pyridine rings is 1. The normalized spacial score (nSPS) is 17.8. The van der Waals surface area contributed by atoms with Gasteiger partial charge in [-0.1, -0.05) is 29.8 Å². The Morgan fingerprint density at radius 2 is 1.71 bits per heavy atom. The highest BCUT2D eigenvalue weighted by Gasteiger charge is 2.20. The van der Waals surface area contributed by atoms with Crippen molar-refractivity contribution >= 4 is 11.6 Å². The number of benzene rings is 1. The molecule has 1 N–H and O–H groups in total. The molecule has 24 heavy (non-hydrogen) atoms. The van der Waals surface area contributed by atoms with Gasteiger partial charge in [0.25, 0.3) is 0 Å². The van der Waals surface area contributed by atoms with E-state index in [0.717, 1.165) is 43.9 Å². The Kier molecular flexibility index (Phi) is 5.79. The lowest BCUT2D eigenvalue weighted by Crippen LogP contribution is -2.47. The molecule has 1 aliphatic rings. The molecular weight excluding hydrogens is 329 g/mol. The van der Waals surface area contributed by atoms with Crippen LogP contribution in [0.5, 0.6) is 0 Å². The molecule has 0 radical (unpaired) electrons. The highest BCUT2D eigenvalue weighted by Crippen LogP contribution is 2.17. The lowest BCUT2D eigenvalue weighted by atomic mass is 10.1. The summed E-state index contributed by atoms with van der Waals surface area (Å²) in [5, 5.41) is 10.8. The number of aromatic nitrogens is 1. The van der Waals surface area contributed by atoms with Crippen molar-refractivity contribution < 1.29 is 9.50 Å². The number of β-amino-alcohol motifs (C(OH)–C–C–N with tert-alkyl or cyclic N) is 1. The lowest BCUT2D eigenvalue weighted by Gasteiger charge is -2.35. The predicted molar refractivity (Wildman–Crippen MR) is 92.3 cm³/mol. The molecule has 0 aliphatic carbocycles. The van der Waals surface area contributed by atoms with Gasteiger partial charge in [-0.2, -0.15) is 0 Å². The molecule has 0 bridgehead atoms. The van der Waals surface area contributed by atoms with Crippen molar-refractivity contribution in [2.75, 3.05) is 32.7 Å². The summed E-state index contributed by atoms with van der Waals surface area (Å²) in [6, 6.07) is 9.87. The largest absolute Gasteiger partial charge is 0.387 e. The molecule has 1 saturated heterocycles. The summed E-state index contributed by atoms with van der Waals surface area (Å²) in [5.74, 6) is -0.281. The molecule has 2 heterocycles. The number of aliphatic hydroxyl groups is 1. The molecule has 2 aromatic rings. The van der Waals surface area contributed by atoms with E-state index < -0.39 is 6.10 Å². The molecule has 1 aromatic heterocycles. The van der Waals surface area contributed by atoms with Gasteiger partial charge in [-0.3, -0.25) is 9.80 Å². The number of aliphatic hydroxyl groups excluding tert-OH is 1. The molecule has 3 rings (SSSR count). The fourth-order valence-electron chi connectivity index (χ4n) is 2.92. The zero-order valence-corrected chi connectivity index (χ0v) is 14.2. The first-order valence-corrected chi connectivity index (χ1v) is 8.46. The summed E-state index contributed by atoms with van der Waals surface area (Å²) in [4.78, 5) is 8.71. The van der Waals surface area contributed by atoms with Crippen molar-refractivity contribution in [2.24, 2.45) is 0 Å². The summed E-state index contributed by atoms with van der Waals surface area (Å²) >= 11 is 5.81. The second-order valence-electron chi connectivity index (χ2n) is 6.13. The van der Waals surface area contributed by atoms with Crippen molar-refractivity contribution in [3.05, 3.63) is 64.7 Å². The molecule has 1 unspecified atom stereocenters. The Labute approximate surface area is 146 Å². The monoisotopic (exact) mass is 349 g/mol. The maximum absolute atomic E-state index is 12.9. The van der Waals surface area contributed by atoms with Gasteiger partial charge in [0.1, 0.15) is 11.0 Å². The minimum Gasteiger partial charge on any atom is -0.387 e. The highest BCUT2D eigenvalue weighted by atomic mass is 35.5. The minimum absolute atomic E-state index is 0.281. The average molecular weight is 350 g/mol. The van der Waals surface area contributed by atoms with Gasteiger partial charge in [-0.15, -0.1) is 0 Å². The Hall–Kier alpha value is -1.53. The molecular formula is C18H21ClFN3O. The maximum atomic E-state index is 12.9. The summed E-state index contributed by atoms with van der Waals surface area (Å²) < 4.78 is 12.9. The van der Waals surface area contributed by atoms with Crippen molar-refractivity contribution in [1.82, 2.24) is 14.8 Å². The van der Waals surface area contributed by atoms with Crippen molar-refractivity contribution in [1.29, 1.82) is 0 Å². The number of hydrogen-bond acceptors (Lipinski definition) is 4. The fourth-order valence-corrected chi connectivity index (χ4v) is 3.03. The molecule has 1 aromatic carbocycles. The van der Waals surface area contributed by atoms with Gasteiger partial charge in [-0.05, 0) is 29.3 Å². The SMILES string of the molecule is OC(CN1CCN(Cc2ccc(Cl)nc2)CC1)c1ccc(F)cc1. The maximum Gasteiger partial charge on any atom is 0.129 e. The highest BCUT2D eigenvalue weighted by molar-refractivity contribution is 6.29. The number of hydrogen-bond donors (Lipinski definition) is 1. The molecule has 1 fully saturated rings. The van der Waals surface area contributed by atoms with Crippen LogP contribution in [0.3, 0.4) is 0 Å². The van der Waals surface area contributed by atoms with Crippen LogP contribution in [0.1, 0.15) is 17.2 Å². The van der Waals surface area contributed by atoms with Crippen LogP contribution in [0, 0.1) is 5.82 Å². The van der Waals surface area contributed by atoms with E-state index in [1.807, 2.05) is 18.3 Å². The summed E-state index contributed by atoms with van der Waals surface area (Å²) in [6.45, 7) is 5.12. The van der Waals surface area contributed by atoms with Crippen LogP contribution in [0.4, 0.5) is 4.39 Å². The van der Waals surface area contributed by atoms with Gasteiger partial charge in [0.05, 0.1) is 6.10 Å². The van der Waals surface area contributed by atoms with E-state index in [0.29, 0.717) is 11.7 Å². The molecule has 1 atom stereocenters. The second kappa shape index (κ2) is 8.03. The van der Waals surface area contributed by atoms with E-state index in [4.69, 9.17) is 11.6 Å². The topological polar surface area (TPSA) is 39.6 Å². The zero-order chi connectivity index (χ0) is 16.9. The van der Waals surface area contributed by atoms with Crippen LogP contribution in [0.25, 0.3) is 0 Å². The summed E-state index contributed by atoms with van der Waals surface area (Å²) in [5.41, 5.74) is 1.91. The number of piperazine rings is 1. The first-order valence-electron chi connectivity index (χ1n) is 8.09. The summed E-state index contributed by atoms with van der Waals surface area (Å²) in [6.07, 6.45) is 1.23. The Balaban J connectivity index is 1.46. The number of rotatable bonds is 5. The third kappa shape index (κ3) is 4.74.